The Morgan fingerprint density at radius 1 is 1.40 bits per heavy atom. The van der Waals surface area contributed by atoms with E-state index in [2.05, 4.69) is 0 Å². The first-order valence-electron chi connectivity index (χ1n) is 8.85. The molecule has 2 aliphatic rings. The average molecular weight is 358 g/mol. The van der Waals surface area contributed by atoms with Gasteiger partial charge in [-0.05, 0) is 18.8 Å². The van der Waals surface area contributed by atoms with E-state index < -0.39 is 41.0 Å². The minimum Gasteiger partial charge on any atom is -0.450 e. The lowest BCUT2D eigenvalue weighted by atomic mass is 9.48. The number of methoxy groups -OCH3 is 1. The largest absolute Gasteiger partial charge is 0.450 e. The van der Waals surface area contributed by atoms with Crippen molar-refractivity contribution in [1.29, 1.82) is 0 Å². The normalized spacial score (nSPS) is 33.8. The lowest BCUT2D eigenvalue weighted by Crippen LogP contribution is -2.66. The van der Waals surface area contributed by atoms with Crippen molar-refractivity contribution < 1.29 is 34.4 Å². The number of fused-ring (bicyclic) bond motifs is 1. The fourth-order valence-electron chi connectivity index (χ4n) is 4.54. The van der Waals surface area contributed by atoms with Gasteiger partial charge in [-0.15, -0.1) is 0 Å². The van der Waals surface area contributed by atoms with Crippen LogP contribution in [0.4, 0.5) is 0 Å². The molecule has 0 unspecified atom stereocenters. The fourth-order valence-corrected chi connectivity index (χ4v) is 4.54. The standard InChI is InChI=1S/C18H30O7/c1-10(9-20)7-13(21)18-11(8-17(18,2)3)14(16(23)25-18)15(22)12(24-4)5-6-19/h10-12,14-15,19-20,22H,5-9H2,1-4H3/t10-,11-,12-,14+,15+,18-/m0/s1. The molecule has 1 saturated carbocycles. The number of ether oxygens (including phenoxy) is 2. The number of aliphatic hydroxyl groups excluding tert-OH is 3. The number of aliphatic hydroxyl groups is 3. The highest BCUT2D eigenvalue weighted by molar-refractivity contribution is 5.96. The van der Waals surface area contributed by atoms with Crippen LogP contribution in [0.2, 0.25) is 0 Å². The SMILES string of the molecule is CO[C@@H](CCO)[C@@H](O)[C@@H]1C(=O)O[C@]2(C(=O)C[C@H](C)CO)[C@H]1CC2(C)C. The van der Waals surface area contributed by atoms with Crippen LogP contribution in [-0.4, -0.2) is 65.2 Å². The summed E-state index contributed by atoms with van der Waals surface area (Å²) in [7, 11) is 1.41. The zero-order chi connectivity index (χ0) is 19.0. The van der Waals surface area contributed by atoms with Gasteiger partial charge < -0.3 is 24.8 Å². The van der Waals surface area contributed by atoms with Crippen LogP contribution in [0.5, 0.6) is 0 Å². The zero-order valence-electron chi connectivity index (χ0n) is 15.4. The van der Waals surface area contributed by atoms with Crippen LogP contribution in [0.15, 0.2) is 0 Å². The van der Waals surface area contributed by atoms with Crippen molar-refractivity contribution in [3.05, 3.63) is 0 Å². The predicted octanol–water partition coefficient (Wildman–Crippen LogP) is 0.290. The maximum Gasteiger partial charge on any atom is 0.313 e. The van der Waals surface area contributed by atoms with Gasteiger partial charge in [-0.1, -0.05) is 20.8 Å². The Balaban J connectivity index is 2.29. The smallest absolute Gasteiger partial charge is 0.313 e. The van der Waals surface area contributed by atoms with Crippen molar-refractivity contribution in [3.63, 3.8) is 0 Å². The molecule has 6 atom stereocenters. The van der Waals surface area contributed by atoms with Crippen molar-refractivity contribution in [1.82, 2.24) is 0 Å². The molecule has 2 fully saturated rings. The number of carbonyl (C=O) groups excluding carboxylic acids is 2. The lowest BCUT2D eigenvalue weighted by molar-refractivity contribution is -0.201. The van der Waals surface area contributed by atoms with E-state index in [1.54, 1.807) is 6.92 Å². The predicted molar refractivity (Wildman–Crippen MR) is 88.6 cm³/mol. The number of hydrogen-bond acceptors (Lipinski definition) is 7. The molecule has 25 heavy (non-hydrogen) atoms. The summed E-state index contributed by atoms with van der Waals surface area (Å²) in [5, 5.41) is 29.0. The average Bonchev–Trinajstić information content (AvgIpc) is 2.81. The molecule has 1 heterocycles. The summed E-state index contributed by atoms with van der Waals surface area (Å²) in [6.45, 7) is 5.24. The third-order valence-electron chi connectivity index (χ3n) is 5.95. The molecular formula is C18H30O7. The second-order valence-corrected chi connectivity index (χ2v) is 8.07. The van der Waals surface area contributed by atoms with Gasteiger partial charge in [-0.2, -0.15) is 0 Å². The van der Waals surface area contributed by atoms with Gasteiger partial charge in [0.1, 0.15) is 0 Å². The molecule has 0 radical (unpaired) electrons. The van der Waals surface area contributed by atoms with E-state index in [1.165, 1.54) is 7.11 Å². The molecule has 144 valence electrons. The molecule has 7 nitrogen and oxygen atoms in total. The molecule has 0 amide bonds. The number of hydrogen-bond donors (Lipinski definition) is 3. The second kappa shape index (κ2) is 7.31. The van der Waals surface area contributed by atoms with E-state index in [1.807, 2.05) is 13.8 Å². The van der Waals surface area contributed by atoms with E-state index in [0.717, 1.165) is 0 Å². The maximum atomic E-state index is 13.0. The number of ketones is 1. The first kappa shape index (κ1) is 20.3. The first-order valence-corrected chi connectivity index (χ1v) is 8.85. The first-order chi connectivity index (χ1) is 11.7. The van der Waals surface area contributed by atoms with Crippen LogP contribution in [0.3, 0.4) is 0 Å². The molecule has 7 heteroatoms. The van der Waals surface area contributed by atoms with Crippen LogP contribution in [0.25, 0.3) is 0 Å². The highest BCUT2D eigenvalue weighted by atomic mass is 16.6. The zero-order valence-corrected chi connectivity index (χ0v) is 15.4. The summed E-state index contributed by atoms with van der Waals surface area (Å²) in [6, 6.07) is 0. The topological polar surface area (TPSA) is 113 Å². The minimum atomic E-state index is -1.25. The van der Waals surface area contributed by atoms with Gasteiger partial charge in [0.25, 0.3) is 0 Å². The molecule has 1 aliphatic heterocycles. The van der Waals surface area contributed by atoms with Gasteiger partial charge in [0, 0.05) is 38.1 Å². The number of esters is 1. The minimum absolute atomic E-state index is 0.116. The Labute approximate surface area is 148 Å². The van der Waals surface area contributed by atoms with Crippen LogP contribution in [-0.2, 0) is 19.1 Å². The van der Waals surface area contributed by atoms with Crippen molar-refractivity contribution >= 4 is 11.8 Å². The molecule has 0 bridgehead atoms. The molecule has 2 rings (SSSR count). The lowest BCUT2D eigenvalue weighted by Gasteiger charge is -2.56. The van der Waals surface area contributed by atoms with Gasteiger partial charge >= 0.3 is 5.97 Å². The van der Waals surface area contributed by atoms with Gasteiger partial charge in [-0.25, -0.2) is 0 Å². The highest BCUT2D eigenvalue weighted by Gasteiger charge is 2.75. The van der Waals surface area contributed by atoms with E-state index >= 15 is 0 Å². The summed E-state index contributed by atoms with van der Waals surface area (Å²) >= 11 is 0. The number of Topliss-reactive ketones (excluding diaryl/α,β-unsaturated/α-hetero) is 1. The molecule has 0 aromatic carbocycles. The summed E-state index contributed by atoms with van der Waals surface area (Å²) in [5.41, 5.74) is -1.77. The summed E-state index contributed by atoms with van der Waals surface area (Å²) in [4.78, 5) is 25.5. The van der Waals surface area contributed by atoms with E-state index in [-0.39, 0.29) is 37.8 Å². The van der Waals surface area contributed by atoms with Crippen LogP contribution in [0.1, 0.15) is 40.0 Å². The Morgan fingerprint density at radius 3 is 2.52 bits per heavy atom. The van der Waals surface area contributed by atoms with Crippen LogP contribution < -0.4 is 0 Å². The highest BCUT2D eigenvalue weighted by Crippen LogP contribution is 2.64. The molecule has 0 aromatic heterocycles. The van der Waals surface area contributed by atoms with Crippen LogP contribution >= 0.6 is 0 Å². The summed E-state index contributed by atoms with van der Waals surface area (Å²) in [6.07, 6.45) is -0.948. The third-order valence-corrected chi connectivity index (χ3v) is 5.95. The van der Waals surface area contributed by atoms with Crippen LogP contribution in [0, 0.1) is 23.2 Å². The quantitative estimate of drug-likeness (QED) is 0.508. The molecule has 1 aliphatic carbocycles. The van der Waals surface area contributed by atoms with Gasteiger partial charge in [0.05, 0.1) is 18.1 Å². The Hall–Kier alpha value is -1.02. The van der Waals surface area contributed by atoms with Crippen molar-refractivity contribution in [2.45, 2.75) is 57.8 Å². The van der Waals surface area contributed by atoms with Crippen molar-refractivity contribution in [2.75, 3.05) is 20.3 Å². The second-order valence-electron chi connectivity index (χ2n) is 8.07. The van der Waals surface area contributed by atoms with E-state index in [4.69, 9.17) is 14.6 Å². The van der Waals surface area contributed by atoms with E-state index in [0.29, 0.717) is 6.42 Å². The summed E-state index contributed by atoms with van der Waals surface area (Å²) in [5.74, 6) is -2.28. The van der Waals surface area contributed by atoms with Gasteiger partial charge in [-0.3, -0.25) is 9.59 Å². The van der Waals surface area contributed by atoms with E-state index in [9.17, 15) is 19.8 Å². The maximum absolute atomic E-state index is 13.0. The molecular weight excluding hydrogens is 328 g/mol. The Morgan fingerprint density at radius 2 is 2.04 bits per heavy atom. The number of carbonyl (C=O) groups is 2. The molecule has 0 spiro atoms. The molecule has 3 N–H and O–H groups in total. The fraction of sp³-hybridized carbons (Fsp3) is 0.889. The molecule has 0 aromatic rings. The Kier molecular flexibility index (Phi) is 5.93. The van der Waals surface area contributed by atoms with Crippen molar-refractivity contribution in [3.8, 4) is 0 Å². The summed E-state index contributed by atoms with van der Waals surface area (Å²) < 4.78 is 10.8. The van der Waals surface area contributed by atoms with Crippen molar-refractivity contribution in [2.24, 2.45) is 23.2 Å². The number of rotatable bonds is 9. The van der Waals surface area contributed by atoms with Gasteiger partial charge in [0.2, 0.25) is 0 Å². The Bertz CT molecular complexity index is 518. The monoisotopic (exact) mass is 358 g/mol. The third kappa shape index (κ3) is 3.12. The molecule has 1 saturated heterocycles. The van der Waals surface area contributed by atoms with Gasteiger partial charge in [0.15, 0.2) is 11.4 Å².